The Kier molecular flexibility index (Phi) is 8.23. The Morgan fingerprint density at radius 1 is 0.491 bits per heavy atom. The fourth-order valence-electron chi connectivity index (χ4n) is 7.86. The topological polar surface area (TPSA) is 56.5 Å². The van der Waals surface area contributed by atoms with Gasteiger partial charge < -0.3 is 4.57 Å². The van der Waals surface area contributed by atoms with Crippen LogP contribution in [0.3, 0.4) is 0 Å². The molecule has 55 heavy (non-hydrogen) atoms. The van der Waals surface area contributed by atoms with Crippen LogP contribution in [0.2, 0.25) is 0 Å². The maximum Gasteiger partial charge on any atom is 0.164 e. The van der Waals surface area contributed by atoms with Crippen molar-refractivity contribution in [2.45, 2.75) is 12.3 Å². The van der Waals surface area contributed by atoms with Crippen LogP contribution in [-0.2, 0) is 0 Å². The van der Waals surface area contributed by atoms with Crippen LogP contribution in [0.15, 0.2) is 194 Å². The van der Waals surface area contributed by atoms with Crippen molar-refractivity contribution in [3.8, 4) is 51.0 Å². The van der Waals surface area contributed by atoms with Crippen LogP contribution < -0.4 is 0 Å². The van der Waals surface area contributed by atoms with Crippen LogP contribution >= 0.6 is 0 Å². The van der Waals surface area contributed by atoms with E-state index in [1.54, 1.807) is 0 Å². The second-order valence-electron chi connectivity index (χ2n) is 13.9. The molecule has 1 atom stereocenters. The number of rotatable bonds is 7. The molecule has 0 N–H and O–H groups in total. The van der Waals surface area contributed by atoms with E-state index in [1.807, 2.05) is 54.9 Å². The first-order valence-corrected chi connectivity index (χ1v) is 18.6. The van der Waals surface area contributed by atoms with Crippen molar-refractivity contribution in [2.75, 3.05) is 0 Å². The van der Waals surface area contributed by atoms with Gasteiger partial charge in [-0.05, 0) is 76.7 Å². The molecule has 9 aromatic rings. The predicted octanol–water partition coefficient (Wildman–Crippen LogP) is 12.2. The summed E-state index contributed by atoms with van der Waals surface area (Å²) >= 11 is 0. The minimum atomic E-state index is 0.188. The molecule has 5 heteroatoms. The van der Waals surface area contributed by atoms with Crippen LogP contribution in [0.1, 0.15) is 23.5 Å². The van der Waals surface area contributed by atoms with Crippen molar-refractivity contribution >= 4 is 27.4 Å². The van der Waals surface area contributed by atoms with E-state index in [2.05, 4.69) is 149 Å². The van der Waals surface area contributed by atoms with Gasteiger partial charge in [0.15, 0.2) is 17.5 Å². The van der Waals surface area contributed by atoms with E-state index in [0.717, 1.165) is 39.9 Å². The number of allylic oxidation sites excluding steroid dienone is 4. The van der Waals surface area contributed by atoms with Crippen LogP contribution in [0.4, 0.5) is 0 Å². The first-order chi connectivity index (χ1) is 27.3. The molecule has 0 amide bonds. The summed E-state index contributed by atoms with van der Waals surface area (Å²) in [6, 6.07) is 57.4. The Bertz CT molecular complexity index is 2870. The molecule has 0 spiro atoms. The maximum absolute atomic E-state index is 5.08. The average Bonchev–Trinajstić information content (AvgIpc) is 3.62. The molecular formula is C50H35N5. The van der Waals surface area contributed by atoms with Crippen molar-refractivity contribution in [1.29, 1.82) is 0 Å². The lowest BCUT2D eigenvalue weighted by Gasteiger charge is -2.21. The molecule has 3 heterocycles. The van der Waals surface area contributed by atoms with E-state index in [-0.39, 0.29) is 5.92 Å². The summed E-state index contributed by atoms with van der Waals surface area (Å²) in [7, 11) is 0. The largest absolute Gasteiger partial charge is 0.309 e. The number of pyridine rings is 1. The van der Waals surface area contributed by atoms with Crippen molar-refractivity contribution in [3.63, 3.8) is 0 Å². The molecular weight excluding hydrogens is 671 g/mol. The van der Waals surface area contributed by atoms with Crippen LogP contribution in [-0.4, -0.2) is 24.5 Å². The van der Waals surface area contributed by atoms with Gasteiger partial charge in [0.2, 0.25) is 0 Å². The monoisotopic (exact) mass is 705 g/mol. The lowest BCUT2D eigenvalue weighted by molar-refractivity contribution is 0.868. The normalized spacial score (nSPS) is 14.0. The predicted molar refractivity (Wildman–Crippen MR) is 225 cm³/mol. The van der Waals surface area contributed by atoms with Crippen LogP contribution in [0.25, 0.3) is 78.4 Å². The van der Waals surface area contributed by atoms with Gasteiger partial charge in [0.05, 0.1) is 11.0 Å². The molecule has 0 bridgehead atoms. The van der Waals surface area contributed by atoms with Gasteiger partial charge in [0.25, 0.3) is 0 Å². The Morgan fingerprint density at radius 2 is 1.09 bits per heavy atom. The highest BCUT2D eigenvalue weighted by Crippen LogP contribution is 2.41. The lowest BCUT2D eigenvalue weighted by Crippen LogP contribution is -2.03. The second kappa shape index (κ2) is 14.0. The van der Waals surface area contributed by atoms with Crippen molar-refractivity contribution in [1.82, 2.24) is 24.5 Å². The molecule has 5 nitrogen and oxygen atoms in total. The van der Waals surface area contributed by atoms with Gasteiger partial charge in [-0.15, -0.1) is 0 Å². The number of hydrogen-bond donors (Lipinski definition) is 0. The maximum atomic E-state index is 5.08. The molecule has 260 valence electrons. The van der Waals surface area contributed by atoms with Gasteiger partial charge >= 0.3 is 0 Å². The van der Waals surface area contributed by atoms with Gasteiger partial charge in [-0.3, -0.25) is 4.98 Å². The zero-order chi connectivity index (χ0) is 36.6. The number of hydrogen-bond acceptors (Lipinski definition) is 4. The minimum absolute atomic E-state index is 0.188. The van der Waals surface area contributed by atoms with E-state index in [0.29, 0.717) is 17.5 Å². The first-order valence-electron chi connectivity index (χ1n) is 18.6. The number of para-hydroxylation sites is 2. The Balaban J connectivity index is 1.01. The summed E-state index contributed by atoms with van der Waals surface area (Å²) in [5.74, 6) is 2.13. The van der Waals surface area contributed by atoms with Crippen molar-refractivity contribution < 1.29 is 0 Å². The zero-order valence-corrected chi connectivity index (χ0v) is 30.0. The molecule has 1 aliphatic carbocycles. The summed E-state index contributed by atoms with van der Waals surface area (Å²) in [5.41, 5.74) is 12.5. The third-order valence-corrected chi connectivity index (χ3v) is 10.5. The number of fused-ring (bicyclic) bond motifs is 3. The van der Waals surface area contributed by atoms with Crippen LogP contribution in [0.5, 0.6) is 0 Å². The Morgan fingerprint density at radius 3 is 1.87 bits per heavy atom. The van der Waals surface area contributed by atoms with E-state index >= 15 is 0 Å². The fraction of sp³-hybridized carbons (Fsp3) is 0.0400. The Hall–Kier alpha value is -7.24. The average molecular weight is 706 g/mol. The summed E-state index contributed by atoms with van der Waals surface area (Å²) in [5, 5.41) is 2.55. The molecule has 3 aromatic heterocycles. The van der Waals surface area contributed by atoms with Crippen LogP contribution in [0, 0.1) is 0 Å². The van der Waals surface area contributed by atoms with Gasteiger partial charge in [0, 0.05) is 51.5 Å². The van der Waals surface area contributed by atoms with E-state index in [9.17, 15) is 0 Å². The standard InChI is InChI=1S/C50H35N5/c1-3-12-36(13-4-1)48-52-49(37-26-24-34(25-27-37)35-28-30-51-31-29-35)54-50(53-48)41-17-10-15-39(33-41)38-14-9-16-40(32-38)43-21-11-23-46-47(43)44-20-7-8-22-45(44)55(46)42-18-5-2-6-19-42/h1-31,33,38H,32H2. The summed E-state index contributed by atoms with van der Waals surface area (Å²) in [6.07, 6.45) is 11.3. The van der Waals surface area contributed by atoms with Gasteiger partial charge in [-0.25, -0.2) is 15.0 Å². The fourth-order valence-corrected chi connectivity index (χ4v) is 7.86. The molecule has 6 aromatic carbocycles. The number of aromatic nitrogens is 5. The summed E-state index contributed by atoms with van der Waals surface area (Å²) in [4.78, 5) is 19.3. The SMILES string of the molecule is C1=CC(c2cccc(-c3nc(-c4ccccc4)nc(-c4ccc(-c5ccncc5)cc4)n3)c2)CC(c2cccc3c2c2ccccc2n3-c2ccccc2)=C1. The third kappa shape index (κ3) is 6.12. The molecule has 0 radical (unpaired) electrons. The molecule has 0 saturated heterocycles. The highest BCUT2D eigenvalue weighted by molar-refractivity contribution is 6.14. The summed E-state index contributed by atoms with van der Waals surface area (Å²) in [6.45, 7) is 0. The van der Waals surface area contributed by atoms with Gasteiger partial charge in [-0.1, -0.05) is 140 Å². The summed E-state index contributed by atoms with van der Waals surface area (Å²) < 4.78 is 2.39. The van der Waals surface area contributed by atoms with E-state index in [1.165, 1.54) is 38.5 Å². The zero-order valence-electron chi connectivity index (χ0n) is 30.0. The number of benzene rings is 6. The highest BCUT2D eigenvalue weighted by atomic mass is 15.0. The molecule has 10 rings (SSSR count). The smallest absolute Gasteiger partial charge is 0.164 e. The lowest BCUT2D eigenvalue weighted by atomic mass is 9.84. The van der Waals surface area contributed by atoms with Gasteiger partial charge in [0.1, 0.15) is 0 Å². The highest BCUT2D eigenvalue weighted by Gasteiger charge is 2.21. The third-order valence-electron chi connectivity index (χ3n) is 10.5. The molecule has 1 aliphatic rings. The molecule has 0 aliphatic heterocycles. The van der Waals surface area contributed by atoms with Crippen molar-refractivity contribution in [2.24, 2.45) is 0 Å². The molecule has 0 saturated carbocycles. The molecule has 1 unspecified atom stereocenters. The minimum Gasteiger partial charge on any atom is -0.309 e. The van der Waals surface area contributed by atoms with Gasteiger partial charge in [-0.2, -0.15) is 0 Å². The molecule has 0 fully saturated rings. The quantitative estimate of drug-likeness (QED) is 0.166. The second-order valence-corrected chi connectivity index (χ2v) is 13.9. The van der Waals surface area contributed by atoms with Crippen molar-refractivity contribution in [3.05, 3.63) is 206 Å². The first kappa shape index (κ1) is 32.4. The Labute approximate surface area is 319 Å². The van der Waals surface area contributed by atoms with E-state index < -0.39 is 0 Å². The number of nitrogens with zero attached hydrogens (tertiary/aromatic N) is 5. The van der Waals surface area contributed by atoms with E-state index in [4.69, 9.17) is 15.0 Å².